The van der Waals surface area contributed by atoms with Crippen LogP contribution in [0.5, 0.6) is 0 Å². The highest BCUT2D eigenvalue weighted by molar-refractivity contribution is 7.99. The fourth-order valence-electron chi connectivity index (χ4n) is 3.55. The number of rotatable bonds is 6. The molecule has 0 N–H and O–H groups in total. The van der Waals surface area contributed by atoms with Crippen LogP contribution in [0.1, 0.15) is 29.3 Å². The molecule has 1 amide bonds. The number of thioether (sulfide) groups is 1. The number of hydrogen-bond donors (Lipinski definition) is 0. The van der Waals surface area contributed by atoms with Crippen molar-refractivity contribution in [1.29, 1.82) is 0 Å². The molecule has 142 valence electrons. The molecule has 3 nitrogen and oxygen atoms in total. The van der Waals surface area contributed by atoms with E-state index in [4.69, 9.17) is 23.2 Å². The lowest BCUT2D eigenvalue weighted by atomic mass is 10.2. The number of amides is 1. The van der Waals surface area contributed by atoms with Crippen LogP contribution in [0.15, 0.2) is 48.5 Å². The number of hydrogen-bond acceptors (Lipinski definition) is 3. The molecule has 2 aromatic rings. The van der Waals surface area contributed by atoms with E-state index in [2.05, 4.69) is 11.0 Å². The van der Waals surface area contributed by atoms with Gasteiger partial charge in [-0.05, 0) is 36.6 Å². The first-order valence-electron chi connectivity index (χ1n) is 9.26. The maximum absolute atomic E-state index is 13.1. The van der Waals surface area contributed by atoms with Gasteiger partial charge >= 0.3 is 0 Å². The zero-order valence-corrected chi connectivity index (χ0v) is 17.3. The minimum absolute atomic E-state index is 0.0124. The molecule has 0 radical (unpaired) electrons. The molecular formula is C21H22Cl2N2OS. The highest BCUT2D eigenvalue weighted by Crippen LogP contribution is 2.41. The van der Waals surface area contributed by atoms with E-state index in [0.717, 1.165) is 52.9 Å². The number of nitrogens with zero attached hydrogens (tertiary/aromatic N) is 2. The van der Waals surface area contributed by atoms with Crippen molar-refractivity contribution in [2.24, 2.45) is 0 Å². The summed E-state index contributed by atoms with van der Waals surface area (Å²) in [4.78, 5) is 17.4. The molecular weight excluding hydrogens is 399 g/mol. The van der Waals surface area contributed by atoms with E-state index < -0.39 is 0 Å². The minimum Gasteiger partial charge on any atom is -0.325 e. The summed E-state index contributed by atoms with van der Waals surface area (Å²) in [6.45, 7) is 1.97. The summed E-state index contributed by atoms with van der Waals surface area (Å²) in [5.41, 5.74) is 2.18. The van der Waals surface area contributed by atoms with Gasteiger partial charge < -0.3 is 4.90 Å². The van der Waals surface area contributed by atoms with Crippen molar-refractivity contribution in [3.05, 3.63) is 69.7 Å². The molecule has 0 aromatic heterocycles. The normalized spacial score (nSPS) is 19.7. The summed E-state index contributed by atoms with van der Waals surface area (Å²) in [5.74, 6) is 1.12. The lowest BCUT2D eigenvalue weighted by Crippen LogP contribution is -2.40. The van der Waals surface area contributed by atoms with E-state index in [1.165, 1.54) is 0 Å². The van der Waals surface area contributed by atoms with Crippen LogP contribution < -0.4 is 0 Å². The molecule has 1 aliphatic carbocycles. The zero-order chi connectivity index (χ0) is 18.8. The Hall–Kier alpha value is -1.20. The van der Waals surface area contributed by atoms with Gasteiger partial charge in [-0.3, -0.25) is 9.69 Å². The Kier molecular flexibility index (Phi) is 5.98. The van der Waals surface area contributed by atoms with Crippen molar-refractivity contribution in [3.63, 3.8) is 0 Å². The summed E-state index contributed by atoms with van der Waals surface area (Å²) in [6, 6.07) is 16.2. The molecule has 0 bridgehead atoms. The molecule has 4 rings (SSSR count). The van der Waals surface area contributed by atoms with E-state index in [0.29, 0.717) is 12.6 Å². The van der Waals surface area contributed by atoms with Crippen molar-refractivity contribution >= 4 is 40.9 Å². The number of halogens is 2. The van der Waals surface area contributed by atoms with Crippen LogP contribution in [0.4, 0.5) is 0 Å². The van der Waals surface area contributed by atoms with E-state index in [9.17, 15) is 4.79 Å². The molecule has 0 unspecified atom stereocenters. The number of carbonyl (C=O) groups is 1. The maximum atomic E-state index is 13.1. The topological polar surface area (TPSA) is 23.6 Å². The predicted molar refractivity (Wildman–Crippen MR) is 113 cm³/mol. The Bertz CT molecular complexity index is 827. The molecule has 0 spiro atoms. The lowest BCUT2D eigenvalue weighted by molar-refractivity contribution is -0.132. The van der Waals surface area contributed by atoms with Gasteiger partial charge in [-0.15, -0.1) is 11.8 Å². The third kappa shape index (κ3) is 4.62. The van der Waals surface area contributed by atoms with Crippen LogP contribution in [0.25, 0.3) is 0 Å². The van der Waals surface area contributed by atoms with Gasteiger partial charge in [0, 0.05) is 40.5 Å². The zero-order valence-electron chi connectivity index (χ0n) is 15.0. The second-order valence-electron chi connectivity index (χ2n) is 7.10. The largest absolute Gasteiger partial charge is 0.325 e. The minimum atomic E-state index is 0.0124. The third-order valence-corrected chi connectivity index (χ3v) is 6.88. The summed E-state index contributed by atoms with van der Waals surface area (Å²) >= 11 is 14.3. The Morgan fingerprint density at radius 2 is 1.96 bits per heavy atom. The first kappa shape index (κ1) is 19.1. The molecule has 6 heteroatoms. The second kappa shape index (κ2) is 8.44. The van der Waals surface area contributed by atoms with Crippen molar-refractivity contribution in [2.75, 3.05) is 18.8 Å². The van der Waals surface area contributed by atoms with Gasteiger partial charge in [0.25, 0.3) is 0 Å². The van der Waals surface area contributed by atoms with E-state index in [1.54, 1.807) is 11.8 Å². The summed E-state index contributed by atoms with van der Waals surface area (Å²) in [7, 11) is 0. The number of carbonyl (C=O) groups excluding carboxylic acids is 1. The Balaban J connectivity index is 1.47. The van der Waals surface area contributed by atoms with Crippen molar-refractivity contribution in [1.82, 2.24) is 9.80 Å². The van der Waals surface area contributed by atoms with Gasteiger partial charge in [-0.2, -0.15) is 0 Å². The van der Waals surface area contributed by atoms with Gasteiger partial charge in [-0.1, -0.05) is 53.5 Å². The van der Waals surface area contributed by atoms with E-state index in [1.807, 2.05) is 47.4 Å². The first-order valence-corrected chi connectivity index (χ1v) is 11.1. The molecule has 2 fully saturated rings. The average Bonchev–Trinajstić information content (AvgIpc) is 3.38. The molecule has 1 atom stereocenters. The van der Waals surface area contributed by atoms with Crippen LogP contribution in [0.3, 0.4) is 0 Å². The van der Waals surface area contributed by atoms with E-state index >= 15 is 0 Å². The highest BCUT2D eigenvalue weighted by atomic mass is 35.5. The fourth-order valence-corrected chi connectivity index (χ4v) is 5.38. The number of benzene rings is 2. The van der Waals surface area contributed by atoms with E-state index in [-0.39, 0.29) is 11.3 Å². The molecule has 27 heavy (non-hydrogen) atoms. The molecule has 2 aliphatic rings. The van der Waals surface area contributed by atoms with Crippen LogP contribution >= 0.6 is 35.0 Å². The lowest BCUT2D eigenvalue weighted by Gasteiger charge is -2.29. The van der Waals surface area contributed by atoms with Crippen molar-refractivity contribution < 1.29 is 4.79 Å². The van der Waals surface area contributed by atoms with Crippen molar-refractivity contribution in [2.45, 2.75) is 30.8 Å². The van der Waals surface area contributed by atoms with Crippen molar-refractivity contribution in [3.8, 4) is 0 Å². The summed E-state index contributed by atoms with van der Waals surface area (Å²) < 4.78 is 0. The van der Waals surface area contributed by atoms with Crippen LogP contribution in [0.2, 0.25) is 10.0 Å². The maximum Gasteiger partial charge on any atom is 0.237 e. The third-order valence-electron chi connectivity index (χ3n) is 5.06. The van der Waals surface area contributed by atoms with Gasteiger partial charge in [-0.25, -0.2) is 0 Å². The first-order chi connectivity index (χ1) is 13.1. The highest BCUT2D eigenvalue weighted by Gasteiger charge is 2.35. The predicted octanol–water partition coefficient (Wildman–Crippen LogP) is 5.23. The molecule has 1 aliphatic heterocycles. The smallest absolute Gasteiger partial charge is 0.237 e. The van der Waals surface area contributed by atoms with Gasteiger partial charge in [0.1, 0.15) is 5.37 Å². The van der Waals surface area contributed by atoms with Gasteiger partial charge in [0.05, 0.1) is 6.54 Å². The SMILES string of the molecule is O=C(CN(Cc1cccc(Cl)c1)C1CC1)N1CCS[C@H]1c1ccccc1Cl. The van der Waals surface area contributed by atoms with Gasteiger partial charge in [0.15, 0.2) is 0 Å². The standard InChI is InChI=1S/C21H22Cl2N2OS/c22-16-5-3-4-15(12-16)13-24(17-8-9-17)14-20(26)25-10-11-27-21(25)18-6-1-2-7-19(18)23/h1-7,12,17,21H,8-11,13-14H2/t21-/m0/s1. The Morgan fingerprint density at radius 3 is 2.70 bits per heavy atom. The average molecular weight is 421 g/mol. The summed E-state index contributed by atoms with van der Waals surface area (Å²) in [5, 5.41) is 1.48. The molecule has 1 saturated heterocycles. The quantitative estimate of drug-likeness (QED) is 0.638. The van der Waals surface area contributed by atoms with Gasteiger partial charge in [0.2, 0.25) is 5.91 Å². The van der Waals surface area contributed by atoms with Crippen LogP contribution in [0, 0.1) is 0 Å². The molecule has 1 saturated carbocycles. The second-order valence-corrected chi connectivity index (χ2v) is 9.13. The Morgan fingerprint density at radius 1 is 1.15 bits per heavy atom. The Labute approximate surface area is 174 Å². The monoisotopic (exact) mass is 420 g/mol. The van der Waals surface area contributed by atoms with Crippen LogP contribution in [-0.4, -0.2) is 40.6 Å². The summed E-state index contributed by atoms with van der Waals surface area (Å²) in [6.07, 6.45) is 2.33. The molecule has 2 aromatic carbocycles. The fraction of sp³-hybridized carbons (Fsp3) is 0.381. The molecule has 1 heterocycles. The van der Waals surface area contributed by atoms with Crippen LogP contribution in [-0.2, 0) is 11.3 Å².